The molecule has 3 aromatic rings. The van der Waals surface area contributed by atoms with Gasteiger partial charge in [0, 0.05) is 28.1 Å². The number of H-pyrrole nitrogens is 1. The Hall–Kier alpha value is -1.95. The van der Waals surface area contributed by atoms with E-state index in [1.165, 1.54) is 12.1 Å². The molecular weight excluding hydrogens is 388 g/mol. The zero-order valence-electron chi connectivity index (χ0n) is 14.5. The SMILES string of the molecule is O=C(CN1CCCC(c2nc3ccc(F)cc3[nH]2)C1)c1cc(Cl)cc(Cl)c1. The van der Waals surface area contributed by atoms with Crippen LogP contribution in [0.5, 0.6) is 0 Å². The molecule has 1 aliphatic rings. The van der Waals surface area contributed by atoms with Crippen LogP contribution in [0.25, 0.3) is 11.0 Å². The van der Waals surface area contributed by atoms with E-state index in [1.807, 2.05) is 0 Å². The van der Waals surface area contributed by atoms with Crippen molar-refractivity contribution in [3.8, 4) is 0 Å². The molecule has 27 heavy (non-hydrogen) atoms. The fourth-order valence-corrected chi connectivity index (χ4v) is 4.15. The number of rotatable bonds is 4. The lowest BCUT2D eigenvalue weighted by molar-refractivity contribution is 0.0905. The molecule has 1 N–H and O–H groups in total. The first kappa shape index (κ1) is 18.4. The van der Waals surface area contributed by atoms with Gasteiger partial charge in [-0.1, -0.05) is 23.2 Å². The number of Topliss-reactive ketones (excluding diaryl/α,β-unsaturated/α-hetero) is 1. The Balaban J connectivity index is 1.48. The van der Waals surface area contributed by atoms with E-state index in [1.54, 1.807) is 24.3 Å². The van der Waals surface area contributed by atoms with Gasteiger partial charge in [-0.2, -0.15) is 0 Å². The molecule has 1 unspecified atom stereocenters. The van der Waals surface area contributed by atoms with E-state index in [0.29, 0.717) is 27.7 Å². The topological polar surface area (TPSA) is 49.0 Å². The lowest BCUT2D eigenvalue weighted by atomic mass is 9.97. The van der Waals surface area contributed by atoms with Crippen molar-refractivity contribution in [2.24, 2.45) is 0 Å². The molecule has 1 saturated heterocycles. The summed E-state index contributed by atoms with van der Waals surface area (Å²) in [5, 5.41) is 0.911. The molecule has 2 aromatic carbocycles. The molecular formula is C20H18Cl2FN3O. The average molecular weight is 406 g/mol. The summed E-state index contributed by atoms with van der Waals surface area (Å²) >= 11 is 12.0. The van der Waals surface area contributed by atoms with Gasteiger partial charge in [0.25, 0.3) is 0 Å². The Labute approximate surface area is 166 Å². The number of benzene rings is 2. The summed E-state index contributed by atoms with van der Waals surface area (Å²) in [5.74, 6) is 0.740. The van der Waals surface area contributed by atoms with Crippen molar-refractivity contribution in [1.29, 1.82) is 0 Å². The van der Waals surface area contributed by atoms with E-state index in [4.69, 9.17) is 23.2 Å². The van der Waals surface area contributed by atoms with E-state index < -0.39 is 0 Å². The maximum atomic E-state index is 13.4. The molecule has 0 amide bonds. The first-order valence-electron chi connectivity index (χ1n) is 8.85. The number of aromatic amines is 1. The Morgan fingerprint density at radius 2 is 2.00 bits per heavy atom. The van der Waals surface area contributed by atoms with Gasteiger partial charge in [-0.25, -0.2) is 9.37 Å². The minimum atomic E-state index is -0.284. The molecule has 1 aliphatic heterocycles. The second kappa shape index (κ2) is 7.58. The molecule has 7 heteroatoms. The van der Waals surface area contributed by atoms with Crippen molar-refractivity contribution < 1.29 is 9.18 Å². The number of hydrogen-bond acceptors (Lipinski definition) is 3. The normalized spacial score (nSPS) is 18.1. The summed E-state index contributed by atoms with van der Waals surface area (Å²) in [6, 6.07) is 9.45. The van der Waals surface area contributed by atoms with Crippen molar-refractivity contribution in [2.45, 2.75) is 18.8 Å². The van der Waals surface area contributed by atoms with E-state index >= 15 is 0 Å². The van der Waals surface area contributed by atoms with Gasteiger partial charge in [-0.15, -0.1) is 0 Å². The molecule has 0 aliphatic carbocycles. The van der Waals surface area contributed by atoms with Crippen molar-refractivity contribution >= 4 is 40.0 Å². The number of imidazole rings is 1. The second-order valence-corrected chi connectivity index (χ2v) is 7.81. The minimum absolute atomic E-state index is 0.00766. The van der Waals surface area contributed by atoms with Gasteiger partial charge in [-0.05, 0) is 55.8 Å². The number of carbonyl (C=O) groups excluding carboxylic acids is 1. The van der Waals surface area contributed by atoms with Crippen LogP contribution in [0, 0.1) is 5.82 Å². The first-order chi connectivity index (χ1) is 13.0. The van der Waals surface area contributed by atoms with Crippen molar-refractivity contribution in [3.63, 3.8) is 0 Å². The van der Waals surface area contributed by atoms with E-state index in [0.717, 1.165) is 37.3 Å². The lowest BCUT2D eigenvalue weighted by Crippen LogP contribution is -2.38. The number of hydrogen-bond donors (Lipinski definition) is 1. The summed E-state index contributed by atoms with van der Waals surface area (Å²) in [7, 11) is 0. The van der Waals surface area contributed by atoms with Gasteiger partial charge in [0.2, 0.25) is 0 Å². The van der Waals surface area contributed by atoms with Gasteiger partial charge < -0.3 is 4.98 Å². The molecule has 0 spiro atoms. The minimum Gasteiger partial charge on any atom is -0.342 e. The highest BCUT2D eigenvalue weighted by molar-refractivity contribution is 6.35. The molecule has 1 fully saturated rings. The maximum Gasteiger partial charge on any atom is 0.176 e. The van der Waals surface area contributed by atoms with Crippen LogP contribution in [0.15, 0.2) is 36.4 Å². The number of fused-ring (bicyclic) bond motifs is 1. The molecule has 1 aromatic heterocycles. The fraction of sp³-hybridized carbons (Fsp3) is 0.300. The number of nitrogens with one attached hydrogen (secondary N) is 1. The Kier molecular flexibility index (Phi) is 5.17. The van der Waals surface area contributed by atoms with Crippen molar-refractivity contribution in [3.05, 3.63) is 63.6 Å². The van der Waals surface area contributed by atoms with Crippen LogP contribution in [0.3, 0.4) is 0 Å². The second-order valence-electron chi connectivity index (χ2n) is 6.94. The summed E-state index contributed by atoms with van der Waals surface area (Å²) in [5.41, 5.74) is 1.98. The zero-order chi connectivity index (χ0) is 19.0. The number of carbonyl (C=O) groups is 1. The highest BCUT2D eigenvalue weighted by Crippen LogP contribution is 2.27. The summed E-state index contributed by atoms with van der Waals surface area (Å²) in [6.07, 6.45) is 1.95. The molecule has 4 rings (SSSR count). The number of piperidine rings is 1. The van der Waals surface area contributed by atoms with Crippen LogP contribution >= 0.6 is 23.2 Å². The summed E-state index contributed by atoms with van der Waals surface area (Å²) < 4.78 is 13.4. The Bertz CT molecular complexity index is 984. The van der Waals surface area contributed by atoms with E-state index in [-0.39, 0.29) is 17.5 Å². The number of nitrogens with zero attached hydrogens (tertiary/aromatic N) is 2. The van der Waals surface area contributed by atoms with Crippen LogP contribution in [-0.4, -0.2) is 40.3 Å². The van der Waals surface area contributed by atoms with Crippen LogP contribution in [-0.2, 0) is 0 Å². The van der Waals surface area contributed by atoms with Gasteiger partial charge >= 0.3 is 0 Å². The van der Waals surface area contributed by atoms with Crippen LogP contribution < -0.4 is 0 Å². The molecule has 1 atom stereocenters. The third-order valence-electron chi connectivity index (χ3n) is 4.91. The third kappa shape index (κ3) is 4.15. The number of likely N-dealkylation sites (tertiary alicyclic amines) is 1. The smallest absolute Gasteiger partial charge is 0.176 e. The first-order valence-corrected chi connectivity index (χ1v) is 9.60. The Morgan fingerprint density at radius 3 is 2.78 bits per heavy atom. The maximum absolute atomic E-state index is 13.4. The Morgan fingerprint density at radius 1 is 1.22 bits per heavy atom. The lowest BCUT2D eigenvalue weighted by Gasteiger charge is -2.31. The molecule has 2 heterocycles. The van der Waals surface area contributed by atoms with Gasteiger partial charge in [0.05, 0.1) is 17.6 Å². The van der Waals surface area contributed by atoms with E-state index in [9.17, 15) is 9.18 Å². The fourth-order valence-electron chi connectivity index (χ4n) is 3.63. The molecule has 0 saturated carbocycles. The van der Waals surface area contributed by atoms with Gasteiger partial charge in [0.15, 0.2) is 5.78 Å². The van der Waals surface area contributed by atoms with Crippen LogP contribution in [0.2, 0.25) is 10.0 Å². The van der Waals surface area contributed by atoms with Crippen LogP contribution in [0.1, 0.15) is 34.9 Å². The highest BCUT2D eigenvalue weighted by atomic mass is 35.5. The molecule has 4 nitrogen and oxygen atoms in total. The van der Waals surface area contributed by atoms with Crippen LogP contribution in [0.4, 0.5) is 4.39 Å². The number of aromatic nitrogens is 2. The molecule has 140 valence electrons. The summed E-state index contributed by atoms with van der Waals surface area (Å²) in [6.45, 7) is 1.88. The third-order valence-corrected chi connectivity index (χ3v) is 5.34. The van der Waals surface area contributed by atoms with Gasteiger partial charge in [0.1, 0.15) is 11.6 Å². The quantitative estimate of drug-likeness (QED) is 0.616. The standard InChI is InChI=1S/C20H18Cl2FN3O/c21-14-6-13(7-15(22)8-14)19(27)11-26-5-1-2-12(10-26)20-24-17-4-3-16(23)9-18(17)25-20/h3-4,6-9,12H,1-2,5,10-11H2,(H,24,25). The predicted octanol–water partition coefficient (Wildman–Crippen LogP) is 5.07. The zero-order valence-corrected chi connectivity index (χ0v) is 16.0. The molecule has 0 bridgehead atoms. The number of ketones is 1. The van der Waals surface area contributed by atoms with Crippen molar-refractivity contribution in [2.75, 3.05) is 19.6 Å². The monoisotopic (exact) mass is 405 g/mol. The largest absolute Gasteiger partial charge is 0.342 e. The highest BCUT2D eigenvalue weighted by Gasteiger charge is 2.25. The molecule has 0 radical (unpaired) electrons. The van der Waals surface area contributed by atoms with E-state index in [2.05, 4.69) is 14.9 Å². The van der Waals surface area contributed by atoms with Gasteiger partial charge in [-0.3, -0.25) is 9.69 Å². The number of halogens is 3. The average Bonchev–Trinajstić information content (AvgIpc) is 3.04. The predicted molar refractivity (Wildman–Crippen MR) is 105 cm³/mol. The van der Waals surface area contributed by atoms with Crippen molar-refractivity contribution in [1.82, 2.24) is 14.9 Å². The summed E-state index contributed by atoms with van der Waals surface area (Å²) in [4.78, 5) is 22.6.